The van der Waals surface area contributed by atoms with Gasteiger partial charge in [-0.2, -0.15) is 13.2 Å². The number of para-hydroxylation sites is 1. The van der Waals surface area contributed by atoms with Gasteiger partial charge in [0.05, 0.1) is 11.3 Å². The van der Waals surface area contributed by atoms with E-state index >= 15 is 0 Å². The van der Waals surface area contributed by atoms with Crippen molar-refractivity contribution in [2.45, 2.75) is 10.4 Å². The van der Waals surface area contributed by atoms with E-state index in [0.29, 0.717) is 0 Å². The van der Waals surface area contributed by atoms with E-state index in [1.807, 2.05) is 4.72 Å². The first-order chi connectivity index (χ1) is 9.20. The van der Waals surface area contributed by atoms with Gasteiger partial charge in [0.25, 0.3) is 10.0 Å². The molecule has 1 heterocycles. The minimum Gasteiger partial charge on any atom is -0.398 e. The number of anilines is 2. The second-order valence-electron chi connectivity index (χ2n) is 3.85. The van der Waals surface area contributed by atoms with Crippen molar-refractivity contribution in [2.24, 2.45) is 0 Å². The van der Waals surface area contributed by atoms with Gasteiger partial charge in [-0.15, -0.1) is 11.3 Å². The number of halogens is 3. The minimum atomic E-state index is -4.65. The number of benzene rings is 1. The number of nitrogens with two attached hydrogens (primary N) is 1. The van der Waals surface area contributed by atoms with Gasteiger partial charge in [0.15, 0.2) is 0 Å². The minimum absolute atomic E-state index is 0.146. The Morgan fingerprint density at radius 2 is 1.85 bits per heavy atom. The molecule has 0 unspecified atom stereocenters. The van der Waals surface area contributed by atoms with Crippen LogP contribution in [0.1, 0.15) is 5.56 Å². The summed E-state index contributed by atoms with van der Waals surface area (Å²) in [5.41, 5.74) is 4.07. The fourth-order valence-electron chi connectivity index (χ4n) is 1.49. The Morgan fingerprint density at radius 3 is 2.40 bits per heavy atom. The number of nitrogens with one attached hydrogen (secondary N) is 1. The van der Waals surface area contributed by atoms with E-state index in [4.69, 9.17) is 5.73 Å². The molecular weight excluding hydrogens is 313 g/mol. The summed E-state index contributed by atoms with van der Waals surface area (Å²) < 4.78 is 64.1. The molecule has 0 spiro atoms. The lowest BCUT2D eigenvalue weighted by atomic mass is 10.2. The zero-order valence-corrected chi connectivity index (χ0v) is 11.4. The zero-order chi connectivity index (χ0) is 15.0. The highest BCUT2D eigenvalue weighted by molar-refractivity contribution is 7.94. The molecule has 0 bridgehead atoms. The first-order valence-electron chi connectivity index (χ1n) is 5.23. The maximum atomic E-state index is 12.8. The van der Waals surface area contributed by atoms with Crippen molar-refractivity contribution in [1.82, 2.24) is 0 Å². The smallest absolute Gasteiger partial charge is 0.398 e. The van der Waals surface area contributed by atoms with Gasteiger partial charge < -0.3 is 5.73 Å². The van der Waals surface area contributed by atoms with Crippen LogP contribution in [0, 0.1) is 0 Å². The van der Waals surface area contributed by atoms with Gasteiger partial charge in [0, 0.05) is 11.1 Å². The number of hydrogen-bond acceptors (Lipinski definition) is 4. The van der Waals surface area contributed by atoms with Crippen molar-refractivity contribution in [2.75, 3.05) is 10.5 Å². The highest BCUT2D eigenvalue weighted by Gasteiger charge is 2.34. The van der Waals surface area contributed by atoms with Gasteiger partial charge in [-0.25, -0.2) is 8.42 Å². The molecular formula is C11H9F3N2O2S2. The SMILES string of the molecule is Nc1csc(S(=O)(=O)Nc2ccccc2C(F)(F)F)c1. The third kappa shape index (κ3) is 3.05. The van der Waals surface area contributed by atoms with Crippen molar-refractivity contribution < 1.29 is 21.6 Å². The van der Waals surface area contributed by atoms with Crippen LogP contribution in [-0.4, -0.2) is 8.42 Å². The predicted octanol–water partition coefficient (Wildman–Crippen LogP) is 3.15. The molecule has 0 saturated carbocycles. The van der Waals surface area contributed by atoms with Crippen LogP contribution in [0.2, 0.25) is 0 Å². The molecule has 4 nitrogen and oxygen atoms in total. The molecule has 0 amide bonds. The van der Waals surface area contributed by atoms with Crippen LogP contribution < -0.4 is 10.5 Å². The Kier molecular flexibility index (Phi) is 3.65. The topological polar surface area (TPSA) is 72.2 Å². The number of thiophene rings is 1. The lowest BCUT2D eigenvalue weighted by molar-refractivity contribution is -0.136. The summed E-state index contributed by atoms with van der Waals surface area (Å²) in [6, 6.07) is 5.54. The summed E-state index contributed by atoms with van der Waals surface area (Å²) in [4.78, 5) is 0. The molecule has 3 N–H and O–H groups in total. The van der Waals surface area contributed by atoms with Crippen LogP contribution in [0.25, 0.3) is 0 Å². The molecule has 0 aliphatic rings. The van der Waals surface area contributed by atoms with E-state index in [0.717, 1.165) is 23.5 Å². The molecule has 0 radical (unpaired) electrons. The van der Waals surface area contributed by atoms with Crippen LogP contribution in [-0.2, 0) is 16.2 Å². The molecule has 20 heavy (non-hydrogen) atoms. The Morgan fingerprint density at radius 1 is 1.20 bits per heavy atom. The molecule has 0 atom stereocenters. The maximum absolute atomic E-state index is 12.8. The largest absolute Gasteiger partial charge is 0.418 e. The summed E-state index contributed by atoms with van der Waals surface area (Å²) >= 11 is 0.832. The zero-order valence-electron chi connectivity index (χ0n) is 9.81. The second-order valence-corrected chi connectivity index (χ2v) is 6.67. The molecule has 0 fully saturated rings. The van der Waals surface area contributed by atoms with E-state index in [2.05, 4.69) is 0 Å². The molecule has 108 valence electrons. The van der Waals surface area contributed by atoms with Crippen molar-refractivity contribution in [3.8, 4) is 0 Å². The first kappa shape index (κ1) is 14.7. The van der Waals surface area contributed by atoms with Gasteiger partial charge in [-0.1, -0.05) is 12.1 Å². The van der Waals surface area contributed by atoms with Crippen molar-refractivity contribution >= 4 is 32.7 Å². The average molecular weight is 322 g/mol. The summed E-state index contributed by atoms with van der Waals surface area (Å²) in [5, 5.41) is 1.39. The normalized spacial score (nSPS) is 12.3. The fraction of sp³-hybridized carbons (Fsp3) is 0.0909. The molecule has 0 saturated heterocycles. The van der Waals surface area contributed by atoms with Gasteiger partial charge >= 0.3 is 6.18 Å². The summed E-state index contributed by atoms with van der Waals surface area (Å²) in [6.45, 7) is 0. The Labute approximate surface area is 117 Å². The lowest BCUT2D eigenvalue weighted by Crippen LogP contribution is -2.16. The Hall–Kier alpha value is -1.74. The van der Waals surface area contributed by atoms with Crippen molar-refractivity contribution in [1.29, 1.82) is 0 Å². The molecule has 0 aliphatic carbocycles. The van der Waals surface area contributed by atoms with Gasteiger partial charge in [0.1, 0.15) is 4.21 Å². The number of alkyl halides is 3. The van der Waals surface area contributed by atoms with E-state index in [1.54, 1.807) is 0 Å². The van der Waals surface area contributed by atoms with Gasteiger partial charge in [-0.3, -0.25) is 4.72 Å². The fourth-order valence-corrected chi connectivity index (χ4v) is 3.65. The highest BCUT2D eigenvalue weighted by atomic mass is 32.2. The third-order valence-electron chi connectivity index (χ3n) is 2.34. The van der Waals surface area contributed by atoms with Crippen molar-refractivity contribution in [3.05, 3.63) is 41.3 Å². The van der Waals surface area contributed by atoms with Gasteiger partial charge in [0.2, 0.25) is 0 Å². The van der Waals surface area contributed by atoms with Crippen LogP contribution >= 0.6 is 11.3 Å². The first-order valence-corrected chi connectivity index (χ1v) is 7.59. The standard InChI is InChI=1S/C11H9F3N2O2S2/c12-11(13,14)8-3-1-2-4-9(8)16-20(17,18)10-5-7(15)6-19-10/h1-6,16H,15H2. The molecule has 2 rings (SSSR count). The van der Waals surface area contributed by atoms with Gasteiger partial charge in [-0.05, 0) is 18.2 Å². The number of sulfonamides is 1. The molecule has 1 aromatic heterocycles. The molecule has 0 aliphatic heterocycles. The van der Waals surface area contributed by atoms with Crippen LogP contribution in [0.15, 0.2) is 39.9 Å². The van der Waals surface area contributed by atoms with E-state index < -0.39 is 27.5 Å². The van der Waals surface area contributed by atoms with Crippen LogP contribution in [0.3, 0.4) is 0 Å². The summed E-state index contributed by atoms with van der Waals surface area (Å²) in [6.07, 6.45) is -4.65. The second kappa shape index (κ2) is 4.98. The maximum Gasteiger partial charge on any atom is 0.418 e. The molecule has 2 aromatic rings. The van der Waals surface area contributed by atoms with E-state index in [1.165, 1.54) is 23.6 Å². The Bertz CT molecular complexity index is 723. The van der Waals surface area contributed by atoms with Crippen LogP contribution in [0.5, 0.6) is 0 Å². The van der Waals surface area contributed by atoms with Crippen LogP contribution in [0.4, 0.5) is 24.5 Å². The molecule has 1 aromatic carbocycles. The lowest BCUT2D eigenvalue weighted by Gasteiger charge is -2.13. The highest BCUT2D eigenvalue weighted by Crippen LogP contribution is 2.35. The number of rotatable bonds is 3. The quantitative estimate of drug-likeness (QED) is 0.912. The summed E-state index contributed by atoms with van der Waals surface area (Å²) in [7, 11) is -4.09. The third-order valence-corrected chi connectivity index (χ3v) is 5.16. The number of hydrogen-bond donors (Lipinski definition) is 2. The van der Waals surface area contributed by atoms with E-state index in [9.17, 15) is 21.6 Å². The van der Waals surface area contributed by atoms with E-state index in [-0.39, 0.29) is 9.90 Å². The molecule has 9 heteroatoms. The van der Waals surface area contributed by atoms with Crippen molar-refractivity contribution in [3.63, 3.8) is 0 Å². The predicted molar refractivity (Wildman–Crippen MR) is 71.0 cm³/mol. The summed E-state index contributed by atoms with van der Waals surface area (Å²) in [5.74, 6) is 0. The monoisotopic (exact) mass is 322 g/mol. The Balaban J connectivity index is 2.40. The number of nitrogen functional groups attached to an aromatic ring is 1. The average Bonchev–Trinajstić information content (AvgIpc) is 2.75.